The minimum atomic E-state index is -0.928. The van der Waals surface area contributed by atoms with Crippen molar-refractivity contribution < 1.29 is 19.2 Å². The molecule has 7 nitrogen and oxygen atoms in total. The number of imide groups is 2. The van der Waals surface area contributed by atoms with Crippen LogP contribution < -0.4 is 5.32 Å². The minimum absolute atomic E-state index is 0.120. The number of amides is 4. The molecule has 148 valence electrons. The normalized spacial score (nSPS) is 21.9. The summed E-state index contributed by atoms with van der Waals surface area (Å²) in [6.45, 7) is 2.54. The van der Waals surface area contributed by atoms with E-state index < -0.39 is 23.8 Å². The zero-order valence-electron chi connectivity index (χ0n) is 15.6. The molecule has 4 heterocycles. The standard InChI is InChI=1S/C21H19N3O4S/c25-18-4-3-16(19(26)22-18)24-20(27)14-2-1-12(9-15(14)21(24)28)10-23-7-5-17-13(11-23)6-8-29-17/h1-2,6,8-9,16H,3-5,7,10-11H2,(H,22,25,26). The van der Waals surface area contributed by atoms with Gasteiger partial charge in [-0.25, -0.2) is 0 Å². The number of nitrogens with zero attached hydrogens (tertiary/aromatic N) is 2. The molecule has 1 saturated heterocycles. The number of carbonyl (C=O) groups excluding carboxylic acids is 4. The Kier molecular flexibility index (Phi) is 4.33. The highest BCUT2D eigenvalue weighted by molar-refractivity contribution is 7.10. The average Bonchev–Trinajstić information content (AvgIpc) is 3.25. The van der Waals surface area contributed by atoms with E-state index in [2.05, 4.69) is 21.7 Å². The lowest BCUT2D eigenvalue weighted by Crippen LogP contribution is -2.54. The van der Waals surface area contributed by atoms with E-state index in [1.807, 2.05) is 6.07 Å². The van der Waals surface area contributed by atoms with Crippen molar-refractivity contribution in [1.82, 2.24) is 15.1 Å². The Morgan fingerprint density at radius 1 is 1.03 bits per heavy atom. The fraction of sp³-hybridized carbons (Fsp3) is 0.333. The maximum atomic E-state index is 12.9. The summed E-state index contributed by atoms with van der Waals surface area (Å²) in [5, 5.41) is 4.34. The van der Waals surface area contributed by atoms with Crippen LogP contribution >= 0.6 is 11.3 Å². The van der Waals surface area contributed by atoms with E-state index in [-0.39, 0.29) is 18.7 Å². The quantitative estimate of drug-likeness (QED) is 0.780. The zero-order valence-corrected chi connectivity index (χ0v) is 16.5. The Morgan fingerprint density at radius 2 is 1.86 bits per heavy atom. The summed E-state index contributed by atoms with van der Waals surface area (Å²) >= 11 is 1.80. The summed E-state index contributed by atoms with van der Waals surface area (Å²) in [5.41, 5.74) is 2.99. The molecule has 5 rings (SSSR count). The predicted molar refractivity (Wildman–Crippen MR) is 105 cm³/mol. The van der Waals surface area contributed by atoms with E-state index in [1.54, 1.807) is 23.5 Å². The first-order chi connectivity index (χ1) is 14.0. The third-order valence-corrected chi connectivity index (χ3v) is 6.82. The number of piperidine rings is 1. The van der Waals surface area contributed by atoms with Gasteiger partial charge in [0.25, 0.3) is 11.8 Å². The molecule has 0 radical (unpaired) electrons. The number of nitrogens with one attached hydrogen (secondary N) is 1. The van der Waals surface area contributed by atoms with Gasteiger partial charge < -0.3 is 0 Å². The summed E-state index contributed by atoms with van der Waals surface area (Å²) in [6.07, 6.45) is 1.31. The van der Waals surface area contributed by atoms with Crippen LogP contribution in [-0.4, -0.2) is 46.0 Å². The Labute approximate surface area is 171 Å². The van der Waals surface area contributed by atoms with Gasteiger partial charge in [0.2, 0.25) is 11.8 Å². The molecule has 1 fully saturated rings. The fourth-order valence-corrected chi connectivity index (χ4v) is 5.21. The molecule has 1 atom stereocenters. The van der Waals surface area contributed by atoms with Gasteiger partial charge in [0, 0.05) is 30.9 Å². The monoisotopic (exact) mass is 409 g/mol. The largest absolute Gasteiger partial charge is 0.295 e. The Hall–Kier alpha value is -2.84. The first-order valence-corrected chi connectivity index (χ1v) is 10.5. The first-order valence-electron chi connectivity index (χ1n) is 9.63. The third kappa shape index (κ3) is 3.08. The predicted octanol–water partition coefficient (Wildman–Crippen LogP) is 1.71. The number of hydrogen-bond acceptors (Lipinski definition) is 6. The van der Waals surface area contributed by atoms with Gasteiger partial charge in [-0.1, -0.05) is 6.07 Å². The first kappa shape index (κ1) is 18.2. The van der Waals surface area contributed by atoms with Gasteiger partial charge in [0.15, 0.2) is 0 Å². The Bertz CT molecular complexity index is 1060. The zero-order chi connectivity index (χ0) is 20.1. The van der Waals surface area contributed by atoms with Gasteiger partial charge in [0.1, 0.15) is 6.04 Å². The van der Waals surface area contributed by atoms with Crippen molar-refractivity contribution in [3.8, 4) is 0 Å². The highest BCUT2D eigenvalue weighted by Gasteiger charge is 2.44. The SMILES string of the molecule is O=C1CCC(N2C(=O)c3ccc(CN4CCc5sccc5C4)cc3C2=O)C(=O)N1. The summed E-state index contributed by atoms with van der Waals surface area (Å²) < 4.78 is 0. The van der Waals surface area contributed by atoms with Crippen molar-refractivity contribution in [2.45, 2.75) is 38.4 Å². The lowest BCUT2D eigenvalue weighted by atomic mass is 10.0. The highest BCUT2D eigenvalue weighted by atomic mass is 32.1. The second-order valence-electron chi connectivity index (χ2n) is 7.66. The Balaban J connectivity index is 1.36. The number of carbonyl (C=O) groups is 4. The molecule has 8 heteroatoms. The number of benzene rings is 1. The summed E-state index contributed by atoms with van der Waals surface area (Å²) in [6, 6.07) is 6.56. The molecule has 0 aliphatic carbocycles. The van der Waals surface area contributed by atoms with Crippen molar-refractivity contribution in [3.05, 3.63) is 56.8 Å². The van der Waals surface area contributed by atoms with Crippen LogP contribution in [-0.2, 0) is 29.1 Å². The number of fused-ring (bicyclic) bond motifs is 2. The van der Waals surface area contributed by atoms with Crippen molar-refractivity contribution >= 4 is 35.0 Å². The molecule has 29 heavy (non-hydrogen) atoms. The topological polar surface area (TPSA) is 86.8 Å². The lowest BCUT2D eigenvalue weighted by molar-refractivity contribution is -0.136. The van der Waals surface area contributed by atoms with Crippen molar-refractivity contribution in [2.75, 3.05) is 6.54 Å². The maximum absolute atomic E-state index is 12.9. The fourth-order valence-electron chi connectivity index (χ4n) is 4.32. The van der Waals surface area contributed by atoms with E-state index in [4.69, 9.17) is 0 Å². The molecule has 1 aromatic carbocycles. The second kappa shape index (κ2) is 6.89. The molecule has 2 aromatic rings. The van der Waals surface area contributed by atoms with Crippen LogP contribution in [0.2, 0.25) is 0 Å². The van der Waals surface area contributed by atoms with Gasteiger partial charge in [-0.3, -0.25) is 34.3 Å². The third-order valence-electron chi connectivity index (χ3n) is 5.80. The molecule has 3 aliphatic heterocycles. The molecule has 0 bridgehead atoms. The summed E-state index contributed by atoms with van der Waals surface area (Å²) in [4.78, 5) is 54.0. The van der Waals surface area contributed by atoms with Crippen molar-refractivity contribution in [3.63, 3.8) is 0 Å². The van der Waals surface area contributed by atoms with Crippen LogP contribution in [0.1, 0.15) is 49.6 Å². The van der Waals surface area contributed by atoms with Crippen molar-refractivity contribution in [1.29, 1.82) is 0 Å². The van der Waals surface area contributed by atoms with Crippen LogP contribution in [0.4, 0.5) is 0 Å². The minimum Gasteiger partial charge on any atom is -0.295 e. The average molecular weight is 409 g/mol. The van der Waals surface area contributed by atoms with Gasteiger partial charge in [-0.2, -0.15) is 0 Å². The number of thiophene rings is 1. The number of hydrogen-bond donors (Lipinski definition) is 1. The van der Waals surface area contributed by atoms with Crippen LogP contribution in [0.15, 0.2) is 29.6 Å². The molecular weight excluding hydrogens is 390 g/mol. The molecule has 1 N–H and O–H groups in total. The molecular formula is C21H19N3O4S. The number of rotatable bonds is 3. The second-order valence-corrected chi connectivity index (χ2v) is 8.66. The molecule has 0 spiro atoms. The molecule has 4 amide bonds. The van der Waals surface area contributed by atoms with E-state index in [0.29, 0.717) is 17.7 Å². The van der Waals surface area contributed by atoms with E-state index in [9.17, 15) is 19.2 Å². The van der Waals surface area contributed by atoms with Gasteiger partial charge in [0.05, 0.1) is 11.1 Å². The van der Waals surface area contributed by atoms with Crippen LogP contribution in [0.5, 0.6) is 0 Å². The van der Waals surface area contributed by atoms with Gasteiger partial charge in [-0.05, 0) is 47.5 Å². The molecule has 3 aliphatic rings. The van der Waals surface area contributed by atoms with E-state index in [0.717, 1.165) is 30.0 Å². The summed E-state index contributed by atoms with van der Waals surface area (Å²) in [7, 11) is 0. The van der Waals surface area contributed by atoms with Gasteiger partial charge >= 0.3 is 0 Å². The maximum Gasteiger partial charge on any atom is 0.262 e. The van der Waals surface area contributed by atoms with E-state index in [1.165, 1.54) is 10.4 Å². The highest BCUT2D eigenvalue weighted by Crippen LogP contribution is 2.30. The van der Waals surface area contributed by atoms with Crippen molar-refractivity contribution in [2.24, 2.45) is 0 Å². The lowest BCUT2D eigenvalue weighted by Gasteiger charge is -2.27. The molecule has 0 saturated carbocycles. The van der Waals surface area contributed by atoms with Crippen LogP contribution in [0, 0.1) is 0 Å². The van der Waals surface area contributed by atoms with E-state index >= 15 is 0 Å². The Morgan fingerprint density at radius 3 is 2.69 bits per heavy atom. The van der Waals surface area contributed by atoms with Crippen LogP contribution in [0.25, 0.3) is 0 Å². The molecule has 1 unspecified atom stereocenters. The van der Waals surface area contributed by atoms with Crippen LogP contribution in [0.3, 0.4) is 0 Å². The smallest absolute Gasteiger partial charge is 0.262 e. The van der Waals surface area contributed by atoms with Gasteiger partial charge in [-0.15, -0.1) is 11.3 Å². The summed E-state index contributed by atoms with van der Waals surface area (Å²) in [5.74, 6) is -1.89. The molecule has 1 aromatic heterocycles.